The molecule has 9 nitrogen and oxygen atoms in total. The lowest BCUT2D eigenvalue weighted by atomic mass is 9.72. The van der Waals surface area contributed by atoms with Gasteiger partial charge >= 0.3 is 0 Å². The van der Waals surface area contributed by atoms with E-state index in [0.29, 0.717) is 0 Å². The third-order valence-corrected chi connectivity index (χ3v) is 4.78. The molecule has 0 bridgehead atoms. The predicted octanol–water partition coefficient (Wildman–Crippen LogP) is 0.398. The molecular weight excluding hydrogens is 366 g/mol. The van der Waals surface area contributed by atoms with E-state index in [4.69, 9.17) is 14.9 Å². The maximum Gasteiger partial charge on any atom is 0.257 e. The quantitative estimate of drug-likeness (QED) is 0.723. The van der Waals surface area contributed by atoms with Crippen LogP contribution < -0.4 is 20.8 Å². The van der Waals surface area contributed by atoms with Gasteiger partial charge in [0.15, 0.2) is 11.2 Å². The number of fused-ring (bicyclic) bond motifs is 4. The number of imide groups is 1. The van der Waals surface area contributed by atoms with Gasteiger partial charge in [0.2, 0.25) is 23.0 Å². The number of para-hydroxylation sites is 1. The van der Waals surface area contributed by atoms with Crippen molar-refractivity contribution in [2.45, 2.75) is 18.9 Å². The fourth-order valence-corrected chi connectivity index (χ4v) is 3.70. The predicted molar refractivity (Wildman–Crippen MR) is 93.7 cm³/mol. The minimum Gasteiger partial charge on any atom is -0.457 e. The van der Waals surface area contributed by atoms with Crippen molar-refractivity contribution in [3.8, 4) is 11.8 Å². The van der Waals surface area contributed by atoms with Crippen LogP contribution in [0.5, 0.6) is 5.75 Å². The van der Waals surface area contributed by atoms with Crippen LogP contribution in [0.1, 0.15) is 24.0 Å². The smallest absolute Gasteiger partial charge is 0.257 e. The number of ether oxygens (including phenoxy) is 1. The van der Waals surface area contributed by atoms with Crippen molar-refractivity contribution < 1.29 is 23.8 Å². The van der Waals surface area contributed by atoms with Gasteiger partial charge in [0, 0.05) is 18.6 Å². The summed E-state index contributed by atoms with van der Waals surface area (Å²) >= 11 is 0. The van der Waals surface area contributed by atoms with E-state index in [2.05, 4.69) is 0 Å². The van der Waals surface area contributed by atoms with Crippen LogP contribution in [0.2, 0.25) is 0 Å². The van der Waals surface area contributed by atoms with E-state index in [0.717, 1.165) is 11.0 Å². The van der Waals surface area contributed by atoms with Crippen LogP contribution in [-0.2, 0) is 21.6 Å². The first-order valence-corrected chi connectivity index (χ1v) is 8.19. The maximum absolute atomic E-state index is 13.6. The molecule has 2 aromatic rings. The highest BCUT2D eigenvalue weighted by Crippen LogP contribution is 2.54. The second kappa shape index (κ2) is 5.80. The SMILES string of the molecule is CC(=O)N1C(=O)[C@@]2(C(C#N)=C(N)Oc3c2oc(CO)cc3=O)c2ccccc21. The van der Waals surface area contributed by atoms with Crippen LogP contribution in [0.3, 0.4) is 0 Å². The largest absolute Gasteiger partial charge is 0.457 e. The van der Waals surface area contributed by atoms with E-state index >= 15 is 0 Å². The molecule has 2 aliphatic heterocycles. The lowest BCUT2D eigenvalue weighted by Crippen LogP contribution is -2.48. The fraction of sp³-hybridized carbons (Fsp3) is 0.158. The molecule has 4 rings (SSSR count). The van der Waals surface area contributed by atoms with Crippen LogP contribution >= 0.6 is 0 Å². The van der Waals surface area contributed by atoms with Crippen LogP contribution in [0, 0.1) is 11.3 Å². The molecule has 0 radical (unpaired) electrons. The van der Waals surface area contributed by atoms with Gasteiger partial charge in [0.25, 0.3) is 5.91 Å². The lowest BCUT2D eigenvalue weighted by Gasteiger charge is -2.32. The van der Waals surface area contributed by atoms with Crippen molar-refractivity contribution in [2.75, 3.05) is 4.90 Å². The number of carbonyl (C=O) groups excluding carboxylic acids is 2. The number of hydrogen-bond donors (Lipinski definition) is 2. The number of amides is 2. The van der Waals surface area contributed by atoms with E-state index in [1.807, 2.05) is 6.07 Å². The van der Waals surface area contributed by atoms with Gasteiger partial charge in [-0.1, -0.05) is 18.2 Å². The molecule has 1 aromatic heterocycles. The minimum absolute atomic E-state index is 0.129. The Morgan fingerprint density at radius 3 is 2.71 bits per heavy atom. The molecule has 1 aromatic carbocycles. The molecule has 2 aliphatic rings. The third-order valence-electron chi connectivity index (χ3n) is 4.78. The van der Waals surface area contributed by atoms with Gasteiger partial charge in [-0.2, -0.15) is 5.26 Å². The number of hydrogen-bond acceptors (Lipinski definition) is 8. The second-order valence-electron chi connectivity index (χ2n) is 6.27. The number of carbonyl (C=O) groups is 2. The number of benzene rings is 1. The normalized spacial score (nSPS) is 19.9. The summed E-state index contributed by atoms with van der Waals surface area (Å²) in [7, 11) is 0. The van der Waals surface area contributed by atoms with Gasteiger partial charge in [-0.3, -0.25) is 14.4 Å². The number of aliphatic hydroxyl groups excluding tert-OH is 1. The summed E-state index contributed by atoms with van der Waals surface area (Å²) in [5.74, 6) is -2.63. The molecule has 0 saturated carbocycles. The monoisotopic (exact) mass is 379 g/mol. The van der Waals surface area contributed by atoms with Crippen LogP contribution in [0.15, 0.2) is 51.0 Å². The summed E-state index contributed by atoms with van der Waals surface area (Å²) in [6.45, 7) is 0.583. The Balaban J connectivity index is 2.22. The summed E-state index contributed by atoms with van der Waals surface area (Å²) in [4.78, 5) is 39.2. The Labute approximate surface area is 157 Å². The molecule has 9 heteroatoms. The van der Waals surface area contributed by atoms with Crippen LogP contribution in [-0.4, -0.2) is 16.9 Å². The van der Waals surface area contributed by atoms with Gasteiger partial charge in [-0.25, -0.2) is 4.90 Å². The second-order valence-corrected chi connectivity index (χ2v) is 6.27. The maximum atomic E-state index is 13.6. The lowest BCUT2D eigenvalue weighted by molar-refractivity contribution is -0.127. The Kier molecular flexibility index (Phi) is 3.63. The molecule has 0 saturated heterocycles. The van der Waals surface area contributed by atoms with Crippen molar-refractivity contribution >= 4 is 17.5 Å². The first-order chi connectivity index (χ1) is 13.4. The van der Waals surface area contributed by atoms with Crippen LogP contribution in [0.4, 0.5) is 5.69 Å². The summed E-state index contributed by atoms with van der Waals surface area (Å²) in [5.41, 5.74) is 3.41. The molecular formula is C19H13N3O6. The number of aliphatic hydroxyl groups is 1. The number of nitrogens with zero attached hydrogens (tertiary/aromatic N) is 2. The van der Waals surface area contributed by atoms with Gasteiger partial charge in [-0.05, 0) is 6.07 Å². The summed E-state index contributed by atoms with van der Waals surface area (Å²) in [6, 6.07) is 9.19. The van der Waals surface area contributed by atoms with Crippen molar-refractivity contribution in [2.24, 2.45) is 5.73 Å². The van der Waals surface area contributed by atoms with Gasteiger partial charge in [0.1, 0.15) is 24.0 Å². The standard InChI is InChI=1S/C19H13N3O6/c1-9(24)22-13-5-3-2-4-11(13)19(18(22)26)12(7-20)17(21)28-15-14(25)6-10(8-23)27-16(15)19/h2-6,23H,8,21H2,1H3/t19-/m1/s1. The highest BCUT2D eigenvalue weighted by atomic mass is 16.5. The first kappa shape index (κ1) is 17.5. The average Bonchev–Trinajstić information content (AvgIpc) is 2.92. The van der Waals surface area contributed by atoms with Crippen molar-refractivity contribution in [3.63, 3.8) is 0 Å². The van der Waals surface area contributed by atoms with Crippen molar-refractivity contribution in [1.29, 1.82) is 5.26 Å². The number of nitrogens with two attached hydrogens (primary N) is 1. The molecule has 28 heavy (non-hydrogen) atoms. The molecule has 0 fully saturated rings. The highest BCUT2D eigenvalue weighted by Gasteiger charge is 2.62. The van der Waals surface area contributed by atoms with E-state index in [1.165, 1.54) is 13.0 Å². The molecule has 0 aliphatic carbocycles. The summed E-state index contributed by atoms with van der Waals surface area (Å²) in [6.07, 6.45) is 0. The van der Waals surface area contributed by atoms with Crippen molar-refractivity contribution in [1.82, 2.24) is 0 Å². The zero-order valence-electron chi connectivity index (χ0n) is 14.6. The Hall–Kier alpha value is -3.90. The topological polar surface area (TPSA) is 147 Å². The molecule has 2 amide bonds. The fourth-order valence-electron chi connectivity index (χ4n) is 3.70. The Morgan fingerprint density at radius 2 is 2.07 bits per heavy atom. The Morgan fingerprint density at radius 1 is 1.36 bits per heavy atom. The molecule has 0 unspecified atom stereocenters. The first-order valence-electron chi connectivity index (χ1n) is 8.19. The van der Waals surface area contributed by atoms with Crippen molar-refractivity contribution in [3.05, 3.63) is 69.1 Å². The van der Waals surface area contributed by atoms with Gasteiger partial charge < -0.3 is 20.0 Å². The van der Waals surface area contributed by atoms with E-state index < -0.39 is 35.1 Å². The number of anilines is 1. The molecule has 140 valence electrons. The third kappa shape index (κ3) is 1.95. The highest BCUT2D eigenvalue weighted by molar-refractivity contribution is 6.25. The zero-order valence-corrected chi connectivity index (χ0v) is 14.6. The number of nitriles is 1. The van der Waals surface area contributed by atoms with Crippen LogP contribution in [0.25, 0.3) is 0 Å². The minimum atomic E-state index is -1.97. The summed E-state index contributed by atoms with van der Waals surface area (Å²) in [5, 5.41) is 19.2. The zero-order chi connectivity index (χ0) is 20.2. The van der Waals surface area contributed by atoms with Gasteiger partial charge in [0.05, 0.1) is 5.69 Å². The van der Waals surface area contributed by atoms with E-state index in [-0.39, 0.29) is 34.1 Å². The molecule has 3 heterocycles. The molecule has 3 N–H and O–H groups in total. The molecule has 1 atom stereocenters. The summed E-state index contributed by atoms with van der Waals surface area (Å²) < 4.78 is 10.9. The van der Waals surface area contributed by atoms with Gasteiger partial charge in [-0.15, -0.1) is 0 Å². The van der Waals surface area contributed by atoms with E-state index in [9.17, 15) is 24.8 Å². The molecule has 1 spiro atoms. The Bertz CT molecular complexity index is 1190. The van der Waals surface area contributed by atoms with E-state index in [1.54, 1.807) is 18.2 Å². The average molecular weight is 379 g/mol. The number of rotatable bonds is 1.